The summed E-state index contributed by atoms with van der Waals surface area (Å²) < 4.78 is 7.90. The Hall–Kier alpha value is -4.89. The van der Waals surface area contributed by atoms with Crippen LogP contribution in [0.2, 0.25) is 0 Å². The third kappa shape index (κ3) is 7.13. The van der Waals surface area contributed by atoms with Crippen LogP contribution >= 0.6 is 11.6 Å². The smallest absolute Gasteiger partial charge is 0.324 e. The summed E-state index contributed by atoms with van der Waals surface area (Å²) in [6.45, 7) is 8.54. The van der Waals surface area contributed by atoms with Crippen LogP contribution < -0.4 is 20.7 Å². The Balaban J connectivity index is 1.35. The summed E-state index contributed by atoms with van der Waals surface area (Å²) >= 11 is 5.58. The molecule has 0 aliphatic carbocycles. The van der Waals surface area contributed by atoms with E-state index in [1.54, 1.807) is 16.9 Å². The van der Waals surface area contributed by atoms with Gasteiger partial charge in [-0.3, -0.25) is 10.1 Å². The van der Waals surface area contributed by atoms with Gasteiger partial charge in [-0.25, -0.2) is 14.5 Å². The number of ether oxygens (including phenoxy) is 1. The first-order valence-corrected chi connectivity index (χ1v) is 14.3. The maximum absolute atomic E-state index is 13.3. The largest absolute Gasteiger partial charge is 0.488 e. The van der Waals surface area contributed by atoms with Crippen LogP contribution in [0.1, 0.15) is 37.6 Å². The summed E-state index contributed by atoms with van der Waals surface area (Å²) in [6, 6.07) is 24.4. The van der Waals surface area contributed by atoms with Crippen LogP contribution in [0.15, 0.2) is 85.1 Å². The molecule has 0 atom stereocenters. The number of carbonyl (C=O) groups is 2. The van der Waals surface area contributed by atoms with Gasteiger partial charge in [-0.2, -0.15) is 5.10 Å². The molecule has 220 valence electrons. The van der Waals surface area contributed by atoms with Crippen molar-refractivity contribution in [1.82, 2.24) is 14.8 Å². The molecular formula is C33H33ClN6O3. The zero-order valence-electron chi connectivity index (χ0n) is 24.4. The Morgan fingerprint density at radius 3 is 2.37 bits per heavy atom. The van der Waals surface area contributed by atoms with Gasteiger partial charge in [-0.05, 0) is 48.9 Å². The molecule has 0 aliphatic heterocycles. The van der Waals surface area contributed by atoms with Crippen LogP contribution in [0.25, 0.3) is 16.5 Å². The number of amides is 3. The van der Waals surface area contributed by atoms with Crippen LogP contribution in [-0.2, 0) is 16.8 Å². The van der Waals surface area contributed by atoms with Gasteiger partial charge >= 0.3 is 6.03 Å². The molecular weight excluding hydrogens is 564 g/mol. The van der Waals surface area contributed by atoms with E-state index in [0.29, 0.717) is 23.1 Å². The maximum Gasteiger partial charge on any atom is 0.324 e. The number of halogens is 1. The van der Waals surface area contributed by atoms with Crippen molar-refractivity contribution in [1.29, 1.82) is 0 Å². The average molecular weight is 597 g/mol. The van der Waals surface area contributed by atoms with Crippen LogP contribution in [0, 0.1) is 6.92 Å². The number of benzene rings is 3. The first-order valence-electron chi connectivity index (χ1n) is 13.8. The van der Waals surface area contributed by atoms with Crippen molar-refractivity contribution in [3.05, 3.63) is 102 Å². The number of alkyl halides is 1. The lowest BCUT2D eigenvalue weighted by atomic mass is 9.92. The fourth-order valence-corrected chi connectivity index (χ4v) is 4.53. The van der Waals surface area contributed by atoms with Gasteiger partial charge in [0, 0.05) is 28.5 Å². The number of fused-ring (bicyclic) bond motifs is 1. The number of hydrogen-bond acceptors (Lipinski definition) is 5. The molecule has 0 bridgehead atoms. The Morgan fingerprint density at radius 1 is 0.907 bits per heavy atom. The molecule has 9 nitrogen and oxygen atoms in total. The first kappa shape index (κ1) is 29.6. The third-order valence-corrected chi connectivity index (χ3v) is 6.98. The highest BCUT2D eigenvalue weighted by atomic mass is 35.5. The maximum atomic E-state index is 13.3. The minimum Gasteiger partial charge on any atom is -0.488 e. The zero-order chi connectivity index (χ0) is 30.6. The average Bonchev–Trinajstić information content (AvgIpc) is 3.41. The Labute approximate surface area is 255 Å². The summed E-state index contributed by atoms with van der Waals surface area (Å²) in [5, 5.41) is 15.1. The molecule has 5 rings (SSSR count). The second kappa shape index (κ2) is 12.5. The molecule has 3 N–H and O–H groups in total. The van der Waals surface area contributed by atoms with Crippen LogP contribution in [0.5, 0.6) is 5.75 Å². The molecule has 0 spiro atoms. The molecule has 0 unspecified atom stereocenters. The fraction of sp³-hybridized carbons (Fsp3) is 0.212. The second-order valence-corrected chi connectivity index (χ2v) is 11.4. The number of carbonyl (C=O) groups excluding carboxylic acids is 2. The van der Waals surface area contributed by atoms with Gasteiger partial charge < -0.3 is 15.4 Å². The SMILES string of the molecule is Cc1ccc(-n2nc(C(C)(C)C)cc2NC(=O)Nc2ccc(OCc3ccnc(NC(=O)CCl)c3)c3ccccc23)cc1. The minimum absolute atomic E-state index is 0.152. The van der Waals surface area contributed by atoms with Gasteiger partial charge in [0.05, 0.1) is 17.1 Å². The number of rotatable bonds is 8. The normalized spacial score (nSPS) is 11.3. The lowest BCUT2D eigenvalue weighted by molar-refractivity contribution is -0.113. The molecule has 2 heterocycles. The highest BCUT2D eigenvalue weighted by molar-refractivity contribution is 6.29. The number of aromatic nitrogens is 3. The number of hydrogen-bond donors (Lipinski definition) is 3. The summed E-state index contributed by atoms with van der Waals surface area (Å²) in [5.41, 5.74) is 4.10. The summed E-state index contributed by atoms with van der Waals surface area (Å²) in [6.07, 6.45) is 1.60. The van der Waals surface area contributed by atoms with Crippen molar-refractivity contribution in [3.8, 4) is 11.4 Å². The lowest BCUT2D eigenvalue weighted by Crippen LogP contribution is -2.21. The second-order valence-electron chi connectivity index (χ2n) is 11.2. The number of anilines is 3. The quantitative estimate of drug-likeness (QED) is 0.161. The van der Waals surface area contributed by atoms with Gasteiger partial charge in [-0.1, -0.05) is 62.7 Å². The highest BCUT2D eigenvalue weighted by Gasteiger charge is 2.22. The summed E-state index contributed by atoms with van der Waals surface area (Å²) in [7, 11) is 0. The van der Waals surface area contributed by atoms with Crippen molar-refractivity contribution in [2.45, 2.75) is 39.7 Å². The van der Waals surface area contributed by atoms with E-state index in [0.717, 1.165) is 33.3 Å². The summed E-state index contributed by atoms with van der Waals surface area (Å²) in [4.78, 5) is 29.1. The van der Waals surface area contributed by atoms with Crippen molar-refractivity contribution in [2.24, 2.45) is 0 Å². The molecule has 5 aromatic rings. The van der Waals surface area contributed by atoms with Crippen molar-refractivity contribution < 1.29 is 14.3 Å². The fourth-order valence-electron chi connectivity index (χ4n) is 4.47. The highest BCUT2D eigenvalue weighted by Crippen LogP contribution is 2.33. The standard InChI is InChI=1S/C33H33ClN6O3/c1-21-9-11-23(12-10-21)40-30(18-28(39-40)33(2,3)4)38-32(42)36-26-13-14-27(25-8-6-5-7-24(25)26)43-20-22-15-16-35-29(17-22)37-31(41)19-34/h5-18H,19-20H2,1-4H3,(H,35,37,41)(H2,36,38,42). The number of aryl methyl sites for hydroxylation is 1. The van der Waals surface area contributed by atoms with Gasteiger partial charge in [0.25, 0.3) is 0 Å². The predicted octanol–water partition coefficient (Wildman–Crippen LogP) is 7.43. The van der Waals surface area contributed by atoms with E-state index in [1.165, 1.54) is 0 Å². The Morgan fingerprint density at radius 2 is 1.65 bits per heavy atom. The molecule has 0 fully saturated rings. The topological polar surface area (TPSA) is 110 Å². The van der Waals surface area contributed by atoms with Crippen molar-refractivity contribution in [3.63, 3.8) is 0 Å². The van der Waals surface area contributed by atoms with E-state index in [2.05, 4.69) is 41.7 Å². The number of urea groups is 1. The van der Waals surface area contributed by atoms with Crippen LogP contribution in [-0.4, -0.2) is 32.6 Å². The molecule has 0 saturated heterocycles. The van der Waals surface area contributed by atoms with E-state index in [-0.39, 0.29) is 23.8 Å². The molecule has 0 aliphatic rings. The predicted molar refractivity (Wildman–Crippen MR) is 172 cm³/mol. The zero-order valence-corrected chi connectivity index (χ0v) is 25.2. The lowest BCUT2D eigenvalue weighted by Gasteiger charge is -2.15. The number of nitrogens with one attached hydrogen (secondary N) is 3. The first-order chi connectivity index (χ1) is 20.6. The molecule has 0 radical (unpaired) electrons. The van der Waals surface area contributed by atoms with Crippen molar-refractivity contribution in [2.75, 3.05) is 21.8 Å². The molecule has 3 amide bonds. The van der Waals surface area contributed by atoms with E-state index >= 15 is 0 Å². The van der Waals surface area contributed by atoms with Gasteiger partial charge in [0.15, 0.2) is 0 Å². The minimum atomic E-state index is -0.393. The Kier molecular flexibility index (Phi) is 8.63. The van der Waals surface area contributed by atoms with Gasteiger partial charge in [-0.15, -0.1) is 11.6 Å². The molecule has 10 heteroatoms. The van der Waals surface area contributed by atoms with Gasteiger partial charge in [0.2, 0.25) is 5.91 Å². The van der Waals surface area contributed by atoms with E-state index < -0.39 is 6.03 Å². The third-order valence-electron chi connectivity index (χ3n) is 6.74. The van der Waals surface area contributed by atoms with E-state index in [4.69, 9.17) is 21.4 Å². The molecule has 0 saturated carbocycles. The van der Waals surface area contributed by atoms with E-state index in [1.807, 2.05) is 79.7 Å². The van der Waals surface area contributed by atoms with Crippen LogP contribution in [0.4, 0.5) is 22.1 Å². The van der Waals surface area contributed by atoms with Crippen LogP contribution in [0.3, 0.4) is 0 Å². The molecule has 2 aromatic heterocycles. The van der Waals surface area contributed by atoms with E-state index in [9.17, 15) is 9.59 Å². The number of pyridine rings is 1. The number of nitrogens with zero attached hydrogens (tertiary/aromatic N) is 3. The molecule has 43 heavy (non-hydrogen) atoms. The van der Waals surface area contributed by atoms with Crippen molar-refractivity contribution >= 4 is 51.6 Å². The molecule has 3 aromatic carbocycles. The summed E-state index contributed by atoms with van der Waals surface area (Å²) in [5.74, 6) is 1.13. The Bertz CT molecular complexity index is 1780. The monoisotopic (exact) mass is 596 g/mol. The van der Waals surface area contributed by atoms with Gasteiger partial charge in [0.1, 0.15) is 29.9 Å².